The number of ether oxygens (including phenoxy) is 1. The standard InChI is InChI=1S/C20H19Cl2NO2/c21-15-5-6-16(17(22)13-15)19(24)23-11-9-20(10-12-23)8-7-14-3-1-2-4-18(14)25-20/h1-6,13H,7-12H2. The molecule has 0 N–H and O–H groups in total. The molecule has 1 saturated heterocycles. The van der Waals surface area contributed by atoms with E-state index >= 15 is 0 Å². The summed E-state index contributed by atoms with van der Waals surface area (Å²) in [5.41, 5.74) is 1.64. The van der Waals surface area contributed by atoms with Crippen molar-refractivity contribution in [1.29, 1.82) is 0 Å². The Morgan fingerprint density at radius 2 is 1.80 bits per heavy atom. The summed E-state index contributed by atoms with van der Waals surface area (Å²) >= 11 is 12.1. The number of fused-ring (bicyclic) bond motifs is 1. The van der Waals surface area contributed by atoms with Crippen LogP contribution in [0.5, 0.6) is 5.75 Å². The van der Waals surface area contributed by atoms with E-state index in [9.17, 15) is 4.79 Å². The molecular weight excluding hydrogens is 357 g/mol. The lowest BCUT2D eigenvalue weighted by atomic mass is 9.83. The number of halogens is 2. The fourth-order valence-corrected chi connectivity index (χ4v) is 4.25. The highest BCUT2D eigenvalue weighted by Crippen LogP contribution is 2.39. The average molecular weight is 376 g/mol. The summed E-state index contributed by atoms with van der Waals surface area (Å²) in [6, 6.07) is 13.3. The van der Waals surface area contributed by atoms with E-state index < -0.39 is 0 Å². The summed E-state index contributed by atoms with van der Waals surface area (Å²) in [5, 5.41) is 0.939. The lowest BCUT2D eigenvalue weighted by molar-refractivity contribution is -0.0106. The second-order valence-corrected chi connectivity index (χ2v) is 7.65. The topological polar surface area (TPSA) is 29.5 Å². The second kappa shape index (κ2) is 6.54. The van der Waals surface area contributed by atoms with Crippen LogP contribution in [0, 0.1) is 0 Å². The lowest BCUT2D eigenvalue weighted by Crippen LogP contribution is -2.51. The van der Waals surface area contributed by atoms with Crippen molar-refractivity contribution in [3.8, 4) is 5.75 Å². The molecule has 2 aliphatic rings. The molecule has 3 nitrogen and oxygen atoms in total. The molecule has 130 valence electrons. The first kappa shape index (κ1) is 16.7. The van der Waals surface area contributed by atoms with Crippen LogP contribution in [0.4, 0.5) is 0 Å². The maximum absolute atomic E-state index is 12.8. The van der Waals surface area contributed by atoms with Crippen LogP contribution in [0.1, 0.15) is 35.2 Å². The van der Waals surface area contributed by atoms with Gasteiger partial charge in [-0.15, -0.1) is 0 Å². The molecule has 1 amide bonds. The van der Waals surface area contributed by atoms with Gasteiger partial charge in [-0.05, 0) is 42.7 Å². The van der Waals surface area contributed by atoms with Crippen LogP contribution in [-0.2, 0) is 6.42 Å². The Bertz CT molecular complexity index is 813. The first-order chi connectivity index (χ1) is 12.1. The van der Waals surface area contributed by atoms with Crippen LogP contribution in [0.2, 0.25) is 10.0 Å². The number of para-hydroxylation sites is 1. The van der Waals surface area contributed by atoms with Gasteiger partial charge in [-0.2, -0.15) is 0 Å². The van der Waals surface area contributed by atoms with Gasteiger partial charge >= 0.3 is 0 Å². The normalized spacial score (nSPS) is 18.6. The second-order valence-electron chi connectivity index (χ2n) is 6.81. The highest BCUT2D eigenvalue weighted by atomic mass is 35.5. The molecule has 0 saturated carbocycles. The third-order valence-corrected chi connectivity index (χ3v) is 5.82. The zero-order valence-electron chi connectivity index (χ0n) is 13.8. The number of benzene rings is 2. The summed E-state index contributed by atoms with van der Waals surface area (Å²) < 4.78 is 6.35. The van der Waals surface area contributed by atoms with Crippen molar-refractivity contribution >= 4 is 29.1 Å². The molecule has 2 heterocycles. The molecule has 2 aliphatic heterocycles. The van der Waals surface area contributed by atoms with Gasteiger partial charge in [-0.1, -0.05) is 41.4 Å². The number of amides is 1. The van der Waals surface area contributed by atoms with E-state index in [1.807, 2.05) is 17.0 Å². The van der Waals surface area contributed by atoms with Crippen molar-refractivity contribution in [1.82, 2.24) is 4.90 Å². The number of likely N-dealkylation sites (tertiary alicyclic amines) is 1. The Labute approximate surface area is 157 Å². The minimum Gasteiger partial charge on any atom is -0.487 e. The first-order valence-electron chi connectivity index (χ1n) is 8.58. The van der Waals surface area contributed by atoms with Crippen LogP contribution >= 0.6 is 23.2 Å². The fraction of sp³-hybridized carbons (Fsp3) is 0.350. The number of rotatable bonds is 1. The molecule has 2 aromatic rings. The summed E-state index contributed by atoms with van der Waals surface area (Å²) in [4.78, 5) is 14.6. The molecule has 1 spiro atoms. The predicted octanol–water partition coefficient (Wildman–Crippen LogP) is 4.99. The van der Waals surface area contributed by atoms with Crippen molar-refractivity contribution in [3.05, 3.63) is 63.6 Å². The van der Waals surface area contributed by atoms with Gasteiger partial charge in [0, 0.05) is 31.0 Å². The zero-order valence-corrected chi connectivity index (χ0v) is 15.3. The highest BCUT2D eigenvalue weighted by Gasteiger charge is 2.40. The van der Waals surface area contributed by atoms with Crippen molar-refractivity contribution in [2.24, 2.45) is 0 Å². The molecule has 0 bridgehead atoms. The van der Waals surface area contributed by atoms with Gasteiger partial charge in [0.05, 0.1) is 10.6 Å². The van der Waals surface area contributed by atoms with Crippen molar-refractivity contribution in [2.75, 3.05) is 13.1 Å². The average Bonchev–Trinajstić information content (AvgIpc) is 2.62. The Morgan fingerprint density at radius 1 is 1.04 bits per heavy atom. The maximum atomic E-state index is 12.8. The van der Waals surface area contributed by atoms with Crippen molar-refractivity contribution in [3.63, 3.8) is 0 Å². The minimum absolute atomic E-state index is 0.0345. The number of nitrogens with zero attached hydrogens (tertiary/aromatic N) is 1. The smallest absolute Gasteiger partial charge is 0.255 e. The van der Waals surface area contributed by atoms with Gasteiger partial charge in [-0.25, -0.2) is 0 Å². The summed E-state index contributed by atoms with van der Waals surface area (Å²) in [6.07, 6.45) is 3.73. The number of aryl methyl sites for hydroxylation is 1. The molecular formula is C20H19Cl2NO2. The summed E-state index contributed by atoms with van der Waals surface area (Å²) in [5.74, 6) is 0.960. The van der Waals surface area contributed by atoms with Gasteiger partial charge in [0.1, 0.15) is 11.4 Å². The Balaban J connectivity index is 1.46. The lowest BCUT2D eigenvalue weighted by Gasteiger charge is -2.44. The van der Waals surface area contributed by atoms with Gasteiger partial charge in [0.15, 0.2) is 0 Å². The first-order valence-corrected chi connectivity index (χ1v) is 9.33. The largest absolute Gasteiger partial charge is 0.487 e. The number of hydrogen-bond donors (Lipinski definition) is 0. The molecule has 5 heteroatoms. The SMILES string of the molecule is O=C(c1ccc(Cl)cc1Cl)N1CCC2(CCc3ccccc3O2)CC1. The van der Waals surface area contributed by atoms with Crippen LogP contribution in [0.15, 0.2) is 42.5 Å². The zero-order chi connectivity index (χ0) is 17.4. The van der Waals surface area contributed by atoms with Crippen molar-refractivity contribution < 1.29 is 9.53 Å². The quantitative estimate of drug-likeness (QED) is 0.702. The third kappa shape index (κ3) is 3.23. The van der Waals surface area contributed by atoms with E-state index in [0.29, 0.717) is 28.7 Å². The molecule has 25 heavy (non-hydrogen) atoms. The van der Waals surface area contributed by atoms with E-state index in [0.717, 1.165) is 31.4 Å². The van der Waals surface area contributed by atoms with E-state index in [-0.39, 0.29) is 11.5 Å². The number of carbonyl (C=O) groups is 1. The number of piperidine rings is 1. The minimum atomic E-state index is -0.144. The van der Waals surface area contributed by atoms with Crippen molar-refractivity contribution in [2.45, 2.75) is 31.3 Å². The van der Waals surface area contributed by atoms with Crippen LogP contribution in [0.3, 0.4) is 0 Å². The van der Waals surface area contributed by atoms with Crippen LogP contribution in [0.25, 0.3) is 0 Å². The van der Waals surface area contributed by atoms with Gasteiger partial charge < -0.3 is 9.64 Å². The number of carbonyl (C=O) groups excluding carboxylic acids is 1. The monoisotopic (exact) mass is 375 g/mol. The molecule has 0 unspecified atom stereocenters. The van der Waals surface area contributed by atoms with E-state index in [1.54, 1.807) is 18.2 Å². The Kier molecular flexibility index (Phi) is 4.38. The molecule has 0 radical (unpaired) electrons. The van der Waals surface area contributed by atoms with Gasteiger partial charge in [0.2, 0.25) is 0 Å². The third-order valence-electron chi connectivity index (χ3n) is 5.27. The summed E-state index contributed by atoms with van der Waals surface area (Å²) in [7, 11) is 0. The van der Waals surface area contributed by atoms with E-state index in [1.165, 1.54) is 5.56 Å². The highest BCUT2D eigenvalue weighted by molar-refractivity contribution is 6.36. The van der Waals surface area contributed by atoms with Crippen LogP contribution in [-0.4, -0.2) is 29.5 Å². The molecule has 0 atom stereocenters. The number of hydrogen-bond acceptors (Lipinski definition) is 2. The molecule has 4 rings (SSSR count). The van der Waals surface area contributed by atoms with Crippen LogP contribution < -0.4 is 4.74 Å². The Morgan fingerprint density at radius 3 is 2.56 bits per heavy atom. The summed E-state index contributed by atoms with van der Waals surface area (Å²) in [6.45, 7) is 1.36. The van der Waals surface area contributed by atoms with E-state index in [4.69, 9.17) is 27.9 Å². The molecule has 1 fully saturated rings. The molecule has 2 aromatic carbocycles. The van der Waals surface area contributed by atoms with E-state index in [2.05, 4.69) is 12.1 Å². The van der Waals surface area contributed by atoms with Gasteiger partial charge in [0.25, 0.3) is 5.91 Å². The molecule has 0 aromatic heterocycles. The predicted molar refractivity (Wildman–Crippen MR) is 99.7 cm³/mol. The van der Waals surface area contributed by atoms with Gasteiger partial charge in [-0.3, -0.25) is 4.79 Å². The fourth-order valence-electron chi connectivity index (χ4n) is 3.76. The molecule has 0 aliphatic carbocycles. The Hall–Kier alpha value is -1.71. The maximum Gasteiger partial charge on any atom is 0.255 e.